The van der Waals surface area contributed by atoms with Gasteiger partial charge >= 0.3 is 0 Å². The number of carbonyl (C=O) groups excluding carboxylic acids is 1. The van der Waals surface area contributed by atoms with Gasteiger partial charge < -0.3 is 10.6 Å². The lowest BCUT2D eigenvalue weighted by molar-refractivity contribution is 0.0730. The number of nitrogens with zero attached hydrogens (tertiary/aromatic N) is 1. The third-order valence-corrected chi connectivity index (χ3v) is 3.74. The van der Waals surface area contributed by atoms with Gasteiger partial charge in [0, 0.05) is 23.8 Å². The van der Waals surface area contributed by atoms with Gasteiger partial charge in [-0.25, -0.2) is 4.39 Å². The fraction of sp³-hybridized carbons (Fsp3) is 0.235. The molecule has 3 nitrogen and oxygen atoms in total. The van der Waals surface area contributed by atoms with Crippen molar-refractivity contribution in [3.05, 3.63) is 65.5 Å². The first-order chi connectivity index (χ1) is 10.1. The molecule has 0 aromatic heterocycles. The molecule has 4 heteroatoms. The summed E-state index contributed by atoms with van der Waals surface area (Å²) in [4.78, 5) is 14.4. The number of carbonyl (C=O) groups is 1. The van der Waals surface area contributed by atoms with Gasteiger partial charge in [-0.2, -0.15) is 0 Å². The van der Waals surface area contributed by atoms with E-state index >= 15 is 0 Å². The smallest absolute Gasteiger partial charge is 0.254 e. The number of amides is 1. The van der Waals surface area contributed by atoms with Crippen LogP contribution in [0, 0.1) is 5.82 Å². The molecule has 0 saturated heterocycles. The zero-order chi connectivity index (χ0) is 14.8. The number of hydrogen-bond acceptors (Lipinski definition) is 2. The Morgan fingerprint density at radius 3 is 2.43 bits per heavy atom. The minimum atomic E-state index is -0.336. The standard InChI is InChI=1S/C17H17FN2O/c18-14-7-5-12(6-8-14)17(21)20(15-9-10-15)11-13-3-1-2-4-16(13)19/h1-8,15H,9-11,19H2. The molecule has 0 radical (unpaired) electrons. The molecule has 1 saturated carbocycles. The van der Waals surface area contributed by atoms with Crippen molar-refractivity contribution in [1.29, 1.82) is 0 Å². The van der Waals surface area contributed by atoms with Gasteiger partial charge in [-0.15, -0.1) is 0 Å². The van der Waals surface area contributed by atoms with E-state index < -0.39 is 0 Å². The van der Waals surface area contributed by atoms with Crippen LogP contribution in [0.2, 0.25) is 0 Å². The van der Waals surface area contributed by atoms with Gasteiger partial charge in [-0.3, -0.25) is 4.79 Å². The number of halogens is 1. The highest BCUT2D eigenvalue weighted by Gasteiger charge is 2.33. The molecule has 0 aliphatic heterocycles. The quantitative estimate of drug-likeness (QED) is 0.876. The first kappa shape index (κ1) is 13.6. The van der Waals surface area contributed by atoms with Crippen LogP contribution in [0.1, 0.15) is 28.8 Å². The number of rotatable bonds is 4. The summed E-state index contributed by atoms with van der Waals surface area (Å²) in [7, 11) is 0. The van der Waals surface area contributed by atoms with E-state index in [1.165, 1.54) is 24.3 Å². The lowest BCUT2D eigenvalue weighted by Gasteiger charge is -2.23. The van der Waals surface area contributed by atoms with E-state index in [1.807, 2.05) is 29.2 Å². The number of benzene rings is 2. The summed E-state index contributed by atoms with van der Waals surface area (Å²) >= 11 is 0. The normalized spacial score (nSPS) is 14.0. The van der Waals surface area contributed by atoms with Crippen LogP contribution in [-0.4, -0.2) is 16.8 Å². The summed E-state index contributed by atoms with van der Waals surface area (Å²) in [5.74, 6) is -0.405. The molecule has 0 heterocycles. The zero-order valence-corrected chi connectivity index (χ0v) is 11.6. The summed E-state index contributed by atoms with van der Waals surface area (Å²) in [5, 5.41) is 0. The Balaban J connectivity index is 1.83. The van der Waals surface area contributed by atoms with Crippen molar-refractivity contribution < 1.29 is 9.18 Å². The maximum Gasteiger partial charge on any atom is 0.254 e. The molecule has 1 aliphatic carbocycles. The molecule has 108 valence electrons. The first-order valence-corrected chi connectivity index (χ1v) is 7.05. The van der Waals surface area contributed by atoms with E-state index in [1.54, 1.807) is 0 Å². The molecule has 0 spiro atoms. The molecule has 0 bridgehead atoms. The third kappa shape index (κ3) is 3.05. The van der Waals surface area contributed by atoms with Crippen LogP contribution >= 0.6 is 0 Å². The Labute approximate surface area is 123 Å². The number of para-hydroxylation sites is 1. The highest BCUT2D eigenvalue weighted by Crippen LogP contribution is 2.30. The van der Waals surface area contributed by atoms with Crippen LogP contribution < -0.4 is 5.73 Å². The number of nitrogen functional groups attached to an aromatic ring is 1. The predicted octanol–water partition coefficient (Wildman–Crippen LogP) is 3.21. The number of hydrogen-bond donors (Lipinski definition) is 1. The Morgan fingerprint density at radius 2 is 1.81 bits per heavy atom. The molecule has 21 heavy (non-hydrogen) atoms. The van der Waals surface area contributed by atoms with Crippen LogP contribution in [0.25, 0.3) is 0 Å². The molecule has 0 atom stereocenters. The van der Waals surface area contributed by atoms with E-state index in [-0.39, 0.29) is 17.8 Å². The first-order valence-electron chi connectivity index (χ1n) is 7.05. The Morgan fingerprint density at radius 1 is 1.14 bits per heavy atom. The molecule has 2 aromatic rings. The van der Waals surface area contributed by atoms with Crippen molar-refractivity contribution >= 4 is 11.6 Å². The predicted molar refractivity (Wildman–Crippen MR) is 80.1 cm³/mol. The van der Waals surface area contributed by atoms with Gasteiger partial charge in [-0.1, -0.05) is 18.2 Å². The average molecular weight is 284 g/mol. The van der Waals surface area contributed by atoms with E-state index in [9.17, 15) is 9.18 Å². The highest BCUT2D eigenvalue weighted by atomic mass is 19.1. The summed E-state index contributed by atoms with van der Waals surface area (Å²) in [6, 6.07) is 13.5. The largest absolute Gasteiger partial charge is 0.398 e. The van der Waals surface area contributed by atoms with E-state index in [4.69, 9.17) is 5.73 Å². The van der Waals surface area contributed by atoms with Crippen LogP contribution in [0.15, 0.2) is 48.5 Å². The van der Waals surface area contributed by atoms with Gasteiger partial charge in [0.2, 0.25) is 0 Å². The topological polar surface area (TPSA) is 46.3 Å². The summed E-state index contributed by atoms with van der Waals surface area (Å²) in [6.07, 6.45) is 2.03. The average Bonchev–Trinajstić information content (AvgIpc) is 3.31. The van der Waals surface area contributed by atoms with Crippen molar-refractivity contribution in [3.63, 3.8) is 0 Å². The second-order valence-corrected chi connectivity index (χ2v) is 5.37. The van der Waals surface area contributed by atoms with Crippen molar-refractivity contribution in [2.24, 2.45) is 0 Å². The Kier molecular flexibility index (Phi) is 3.60. The van der Waals surface area contributed by atoms with Crippen LogP contribution in [-0.2, 0) is 6.54 Å². The van der Waals surface area contributed by atoms with Crippen molar-refractivity contribution in [2.75, 3.05) is 5.73 Å². The molecular formula is C17H17FN2O. The maximum atomic E-state index is 13.0. The molecule has 2 aromatic carbocycles. The second-order valence-electron chi connectivity index (χ2n) is 5.37. The SMILES string of the molecule is Nc1ccccc1CN(C(=O)c1ccc(F)cc1)C1CC1. The Bertz CT molecular complexity index is 650. The molecule has 1 amide bonds. The summed E-state index contributed by atoms with van der Waals surface area (Å²) in [5.41, 5.74) is 8.11. The van der Waals surface area contributed by atoms with Gasteiger partial charge in [0.15, 0.2) is 0 Å². The zero-order valence-electron chi connectivity index (χ0n) is 11.6. The van der Waals surface area contributed by atoms with Crippen LogP contribution in [0.4, 0.5) is 10.1 Å². The van der Waals surface area contributed by atoms with Crippen LogP contribution in [0.5, 0.6) is 0 Å². The molecular weight excluding hydrogens is 267 g/mol. The van der Waals surface area contributed by atoms with Gasteiger partial charge in [0.1, 0.15) is 5.82 Å². The van der Waals surface area contributed by atoms with E-state index in [0.29, 0.717) is 17.8 Å². The van der Waals surface area contributed by atoms with Crippen molar-refractivity contribution in [3.8, 4) is 0 Å². The summed E-state index contributed by atoms with van der Waals surface area (Å²) in [6.45, 7) is 0.494. The van der Waals surface area contributed by atoms with Crippen LogP contribution in [0.3, 0.4) is 0 Å². The third-order valence-electron chi connectivity index (χ3n) is 3.74. The van der Waals surface area contributed by atoms with Gasteiger partial charge in [0.25, 0.3) is 5.91 Å². The van der Waals surface area contributed by atoms with Crippen molar-refractivity contribution in [1.82, 2.24) is 4.90 Å². The second kappa shape index (κ2) is 5.56. The van der Waals surface area contributed by atoms with E-state index in [0.717, 1.165) is 18.4 Å². The molecule has 0 unspecified atom stereocenters. The van der Waals surface area contributed by atoms with Gasteiger partial charge in [0.05, 0.1) is 0 Å². The maximum absolute atomic E-state index is 13.0. The lowest BCUT2D eigenvalue weighted by Crippen LogP contribution is -2.32. The van der Waals surface area contributed by atoms with E-state index in [2.05, 4.69) is 0 Å². The number of nitrogens with two attached hydrogens (primary N) is 1. The van der Waals surface area contributed by atoms with Gasteiger partial charge in [-0.05, 0) is 48.7 Å². The number of anilines is 1. The molecule has 1 fully saturated rings. The minimum Gasteiger partial charge on any atom is -0.398 e. The minimum absolute atomic E-state index is 0.0687. The van der Waals surface area contributed by atoms with Crippen molar-refractivity contribution in [2.45, 2.75) is 25.4 Å². The summed E-state index contributed by atoms with van der Waals surface area (Å²) < 4.78 is 13.0. The highest BCUT2D eigenvalue weighted by molar-refractivity contribution is 5.94. The molecule has 3 rings (SSSR count). The molecule has 1 aliphatic rings. The monoisotopic (exact) mass is 284 g/mol. The lowest BCUT2D eigenvalue weighted by atomic mass is 10.1. The fourth-order valence-electron chi connectivity index (χ4n) is 2.37. The molecule has 2 N–H and O–H groups in total. The fourth-order valence-corrected chi connectivity index (χ4v) is 2.37. The Hall–Kier alpha value is -2.36.